The number of carbonyl (C=O) groups excluding carboxylic acids is 4. The normalized spacial score (nSPS) is 26.6. The summed E-state index contributed by atoms with van der Waals surface area (Å²) in [5, 5.41) is 5.19. The molecule has 8 nitrogen and oxygen atoms in total. The number of amides is 5. The number of imide groups is 1. The molecule has 1 atom stereocenters. The van der Waals surface area contributed by atoms with E-state index in [0.717, 1.165) is 4.90 Å². The number of rotatable bonds is 3. The fraction of sp³-hybridized carbons (Fsp3) is 0.667. The van der Waals surface area contributed by atoms with Crippen LogP contribution in [0.3, 0.4) is 0 Å². The molecule has 2 heterocycles. The van der Waals surface area contributed by atoms with Crippen LogP contribution in [0.2, 0.25) is 0 Å². The van der Waals surface area contributed by atoms with Gasteiger partial charge < -0.3 is 15.5 Å². The second-order valence-electron chi connectivity index (χ2n) is 5.17. The van der Waals surface area contributed by atoms with Crippen LogP contribution in [0.4, 0.5) is 4.79 Å². The van der Waals surface area contributed by atoms with Crippen LogP contribution >= 0.6 is 0 Å². The molecule has 1 unspecified atom stereocenters. The molecule has 110 valence electrons. The number of urea groups is 1. The minimum absolute atomic E-state index is 0.0342. The van der Waals surface area contributed by atoms with Crippen LogP contribution in [0.25, 0.3) is 0 Å². The molecule has 2 rings (SSSR count). The first-order valence-corrected chi connectivity index (χ1v) is 6.56. The Morgan fingerprint density at radius 3 is 2.60 bits per heavy atom. The van der Waals surface area contributed by atoms with E-state index in [0.29, 0.717) is 19.5 Å². The summed E-state index contributed by atoms with van der Waals surface area (Å²) in [6, 6.07) is -0.561. The molecule has 0 aromatic heterocycles. The fourth-order valence-electron chi connectivity index (χ4n) is 2.22. The first-order valence-electron chi connectivity index (χ1n) is 6.56. The van der Waals surface area contributed by atoms with Crippen molar-refractivity contribution in [3.63, 3.8) is 0 Å². The van der Waals surface area contributed by atoms with Crippen molar-refractivity contribution in [1.29, 1.82) is 0 Å². The summed E-state index contributed by atoms with van der Waals surface area (Å²) >= 11 is 0. The molecular formula is C12H18N4O4. The van der Waals surface area contributed by atoms with Crippen LogP contribution in [0.1, 0.15) is 20.3 Å². The molecule has 2 fully saturated rings. The zero-order valence-corrected chi connectivity index (χ0v) is 11.6. The number of hydrogen-bond acceptors (Lipinski definition) is 4. The van der Waals surface area contributed by atoms with Crippen molar-refractivity contribution in [2.24, 2.45) is 0 Å². The third kappa shape index (κ3) is 2.45. The van der Waals surface area contributed by atoms with Crippen molar-refractivity contribution >= 4 is 23.8 Å². The monoisotopic (exact) mass is 282 g/mol. The van der Waals surface area contributed by atoms with E-state index >= 15 is 0 Å². The average Bonchev–Trinajstić information content (AvgIpc) is 2.63. The number of nitrogens with zero attached hydrogens (tertiary/aromatic N) is 2. The van der Waals surface area contributed by atoms with Gasteiger partial charge in [0, 0.05) is 13.1 Å². The Balaban J connectivity index is 2.03. The summed E-state index contributed by atoms with van der Waals surface area (Å²) < 4.78 is 0. The highest BCUT2D eigenvalue weighted by Crippen LogP contribution is 2.20. The van der Waals surface area contributed by atoms with E-state index in [4.69, 9.17) is 0 Å². The second-order valence-corrected chi connectivity index (χ2v) is 5.17. The van der Waals surface area contributed by atoms with Crippen LogP contribution in [-0.2, 0) is 14.4 Å². The number of piperazine rings is 1. The molecular weight excluding hydrogens is 264 g/mol. The molecule has 2 aliphatic heterocycles. The summed E-state index contributed by atoms with van der Waals surface area (Å²) in [6.07, 6.45) is 0.453. The predicted octanol–water partition coefficient (Wildman–Crippen LogP) is -1.33. The first kappa shape index (κ1) is 14.3. The van der Waals surface area contributed by atoms with Crippen molar-refractivity contribution < 1.29 is 19.2 Å². The van der Waals surface area contributed by atoms with Gasteiger partial charge in [-0.2, -0.15) is 0 Å². The highest BCUT2D eigenvalue weighted by molar-refractivity contribution is 6.08. The van der Waals surface area contributed by atoms with Crippen molar-refractivity contribution in [2.75, 3.05) is 26.2 Å². The van der Waals surface area contributed by atoms with E-state index in [-0.39, 0.29) is 19.0 Å². The van der Waals surface area contributed by atoms with Gasteiger partial charge in [0.05, 0.1) is 6.54 Å². The number of hydrogen-bond donors (Lipinski definition) is 2. The summed E-state index contributed by atoms with van der Waals surface area (Å²) in [7, 11) is 0. The highest BCUT2D eigenvalue weighted by atomic mass is 16.2. The SMILES string of the molecule is CCC1(C)NC(=O)N(CC(=O)N2CCNC(=O)C2)C1=O. The van der Waals surface area contributed by atoms with Crippen molar-refractivity contribution in [3.8, 4) is 0 Å². The van der Waals surface area contributed by atoms with Crippen molar-refractivity contribution in [1.82, 2.24) is 20.4 Å². The Bertz CT molecular complexity index is 478. The largest absolute Gasteiger partial charge is 0.353 e. The highest BCUT2D eigenvalue weighted by Gasteiger charge is 2.47. The molecule has 0 aromatic rings. The number of carbonyl (C=O) groups is 4. The van der Waals surface area contributed by atoms with Crippen LogP contribution < -0.4 is 10.6 Å². The molecule has 2 aliphatic rings. The quantitative estimate of drug-likeness (QED) is 0.626. The molecule has 0 bridgehead atoms. The Morgan fingerprint density at radius 1 is 1.35 bits per heavy atom. The molecule has 0 radical (unpaired) electrons. The van der Waals surface area contributed by atoms with E-state index < -0.39 is 23.4 Å². The van der Waals surface area contributed by atoms with Gasteiger partial charge in [0.2, 0.25) is 11.8 Å². The topological polar surface area (TPSA) is 98.8 Å². The summed E-state index contributed by atoms with van der Waals surface area (Å²) in [5.41, 5.74) is -0.948. The fourth-order valence-corrected chi connectivity index (χ4v) is 2.22. The summed E-state index contributed by atoms with van der Waals surface area (Å²) in [5.74, 6) is -1.04. The minimum Gasteiger partial charge on any atom is -0.353 e. The van der Waals surface area contributed by atoms with Crippen molar-refractivity contribution in [3.05, 3.63) is 0 Å². The molecule has 0 spiro atoms. The molecule has 2 N–H and O–H groups in total. The predicted molar refractivity (Wildman–Crippen MR) is 68.5 cm³/mol. The van der Waals surface area contributed by atoms with E-state index in [1.807, 2.05) is 0 Å². The lowest BCUT2D eigenvalue weighted by atomic mass is 9.99. The maximum Gasteiger partial charge on any atom is 0.325 e. The van der Waals surface area contributed by atoms with Gasteiger partial charge in [-0.25, -0.2) is 4.79 Å². The van der Waals surface area contributed by atoms with Crippen LogP contribution in [-0.4, -0.2) is 65.3 Å². The van der Waals surface area contributed by atoms with Crippen LogP contribution in [0.15, 0.2) is 0 Å². The van der Waals surface area contributed by atoms with Crippen molar-refractivity contribution in [2.45, 2.75) is 25.8 Å². The zero-order chi connectivity index (χ0) is 14.9. The third-order valence-corrected chi connectivity index (χ3v) is 3.74. The Morgan fingerprint density at radius 2 is 2.05 bits per heavy atom. The summed E-state index contributed by atoms with van der Waals surface area (Å²) in [6.45, 7) is 3.84. The third-order valence-electron chi connectivity index (χ3n) is 3.74. The molecule has 0 aromatic carbocycles. The summed E-state index contributed by atoms with van der Waals surface area (Å²) in [4.78, 5) is 49.5. The van der Waals surface area contributed by atoms with Gasteiger partial charge in [-0.05, 0) is 13.3 Å². The van der Waals surface area contributed by atoms with Crippen LogP contribution in [0, 0.1) is 0 Å². The molecule has 2 saturated heterocycles. The maximum atomic E-state index is 12.1. The van der Waals surface area contributed by atoms with Gasteiger partial charge >= 0.3 is 6.03 Å². The minimum atomic E-state index is -0.948. The van der Waals surface area contributed by atoms with E-state index in [9.17, 15) is 19.2 Å². The van der Waals surface area contributed by atoms with Gasteiger partial charge in [0.15, 0.2) is 0 Å². The molecule has 20 heavy (non-hydrogen) atoms. The average molecular weight is 282 g/mol. The Kier molecular flexibility index (Phi) is 3.65. The second kappa shape index (κ2) is 5.10. The maximum absolute atomic E-state index is 12.1. The van der Waals surface area contributed by atoms with Gasteiger partial charge in [-0.15, -0.1) is 0 Å². The molecule has 0 saturated carbocycles. The van der Waals surface area contributed by atoms with E-state index in [1.54, 1.807) is 13.8 Å². The van der Waals surface area contributed by atoms with Gasteiger partial charge in [-0.1, -0.05) is 6.92 Å². The van der Waals surface area contributed by atoms with Crippen LogP contribution in [0.5, 0.6) is 0 Å². The van der Waals surface area contributed by atoms with Gasteiger partial charge in [0.1, 0.15) is 12.1 Å². The van der Waals surface area contributed by atoms with E-state index in [1.165, 1.54) is 4.90 Å². The smallest absolute Gasteiger partial charge is 0.325 e. The molecule has 5 amide bonds. The number of nitrogens with one attached hydrogen (secondary N) is 2. The van der Waals surface area contributed by atoms with Gasteiger partial charge in [-0.3, -0.25) is 19.3 Å². The lowest BCUT2D eigenvalue weighted by molar-refractivity contribution is -0.141. The molecule has 8 heteroatoms. The van der Waals surface area contributed by atoms with Gasteiger partial charge in [0.25, 0.3) is 5.91 Å². The standard InChI is InChI=1S/C12H18N4O4/c1-3-12(2)10(19)16(11(20)14-12)7-9(18)15-5-4-13-8(17)6-15/h3-7H2,1-2H3,(H,13,17)(H,14,20). The first-order chi connectivity index (χ1) is 9.37. The molecule has 0 aliphatic carbocycles. The Hall–Kier alpha value is -2.12. The lowest BCUT2D eigenvalue weighted by Crippen LogP contribution is -2.53. The zero-order valence-electron chi connectivity index (χ0n) is 11.6. The Labute approximate surface area is 116 Å². The van der Waals surface area contributed by atoms with E-state index in [2.05, 4.69) is 10.6 Å². The lowest BCUT2D eigenvalue weighted by Gasteiger charge is -2.28.